The summed E-state index contributed by atoms with van der Waals surface area (Å²) in [5.74, 6) is 0. The Morgan fingerprint density at radius 2 is 2.14 bits per heavy atom. The molecule has 0 aliphatic rings. The summed E-state index contributed by atoms with van der Waals surface area (Å²) < 4.78 is 4.15. The van der Waals surface area contributed by atoms with E-state index in [0.717, 1.165) is 49.8 Å². The zero-order chi connectivity index (χ0) is 15.1. The fraction of sp³-hybridized carbons (Fsp3) is 0.235. The number of hydrogen-bond acceptors (Lipinski definition) is 3. The molecule has 0 aliphatic heterocycles. The van der Waals surface area contributed by atoms with Gasteiger partial charge in [0.25, 0.3) is 0 Å². The van der Waals surface area contributed by atoms with Crippen LogP contribution in [0.5, 0.6) is 0 Å². The molecule has 1 aromatic carbocycles. The summed E-state index contributed by atoms with van der Waals surface area (Å²) in [6, 6.07) is 10.4. The third-order valence-corrected chi connectivity index (χ3v) is 6.24. The first-order valence-electron chi connectivity index (χ1n) is 7.50. The van der Waals surface area contributed by atoms with Crippen molar-refractivity contribution in [1.29, 1.82) is 5.41 Å². The number of pyridine rings is 1. The summed E-state index contributed by atoms with van der Waals surface area (Å²) in [4.78, 5) is 9.44. The molecular formula is C17H16N4Se. The molecule has 3 aromatic heterocycles. The Morgan fingerprint density at radius 3 is 3.00 bits per heavy atom. The number of rotatable bonds is 3. The van der Waals surface area contributed by atoms with E-state index in [-0.39, 0.29) is 14.5 Å². The fourth-order valence-corrected chi connectivity index (χ4v) is 4.97. The van der Waals surface area contributed by atoms with Gasteiger partial charge in [0.1, 0.15) is 0 Å². The number of hydrogen-bond donors (Lipinski definition) is 1. The fourth-order valence-electron chi connectivity index (χ4n) is 2.72. The molecule has 4 aromatic rings. The van der Waals surface area contributed by atoms with Crippen LogP contribution >= 0.6 is 0 Å². The average molecular weight is 355 g/mol. The number of aryl methyl sites for hydroxylation is 1. The third kappa shape index (κ3) is 2.09. The van der Waals surface area contributed by atoms with Crippen LogP contribution in [-0.4, -0.2) is 29.0 Å². The van der Waals surface area contributed by atoms with Gasteiger partial charge in [-0.1, -0.05) is 0 Å². The van der Waals surface area contributed by atoms with Gasteiger partial charge in [-0.05, 0) is 0 Å². The van der Waals surface area contributed by atoms with Crippen LogP contribution in [-0.2, 0) is 6.54 Å². The quantitative estimate of drug-likeness (QED) is 0.574. The van der Waals surface area contributed by atoms with Gasteiger partial charge in [0.2, 0.25) is 0 Å². The van der Waals surface area contributed by atoms with Crippen molar-refractivity contribution >= 4 is 45.0 Å². The molecule has 0 amide bonds. The van der Waals surface area contributed by atoms with Crippen molar-refractivity contribution in [3.05, 3.63) is 42.1 Å². The van der Waals surface area contributed by atoms with Crippen molar-refractivity contribution in [1.82, 2.24) is 14.5 Å². The second-order valence-corrected chi connectivity index (χ2v) is 7.55. The molecule has 5 heteroatoms. The number of aromatic nitrogens is 3. The van der Waals surface area contributed by atoms with Crippen molar-refractivity contribution in [2.75, 3.05) is 0 Å². The van der Waals surface area contributed by atoms with Gasteiger partial charge in [-0.25, -0.2) is 0 Å². The Balaban J connectivity index is 2.02. The molecule has 0 aliphatic carbocycles. The van der Waals surface area contributed by atoms with Gasteiger partial charge in [-0.2, -0.15) is 0 Å². The molecule has 0 atom stereocenters. The number of fused-ring (bicyclic) bond motifs is 4. The van der Waals surface area contributed by atoms with E-state index in [4.69, 9.17) is 10.4 Å². The molecule has 22 heavy (non-hydrogen) atoms. The van der Waals surface area contributed by atoms with Gasteiger partial charge < -0.3 is 0 Å². The van der Waals surface area contributed by atoms with Crippen LogP contribution in [0.4, 0.5) is 0 Å². The summed E-state index contributed by atoms with van der Waals surface area (Å²) >= 11 is 0.0774. The molecule has 0 saturated carbocycles. The van der Waals surface area contributed by atoms with Crippen molar-refractivity contribution in [2.24, 2.45) is 0 Å². The van der Waals surface area contributed by atoms with Gasteiger partial charge in [0.15, 0.2) is 0 Å². The predicted molar refractivity (Wildman–Crippen MR) is 90.2 cm³/mol. The van der Waals surface area contributed by atoms with Gasteiger partial charge in [-0.15, -0.1) is 0 Å². The summed E-state index contributed by atoms with van der Waals surface area (Å²) in [7, 11) is 0. The Hall–Kier alpha value is -1.97. The van der Waals surface area contributed by atoms with E-state index >= 15 is 0 Å². The van der Waals surface area contributed by atoms with Crippen LogP contribution in [0.2, 0.25) is 0 Å². The molecule has 1 N–H and O–H groups in total. The third-order valence-electron chi connectivity index (χ3n) is 3.94. The van der Waals surface area contributed by atoms with Crippen LogP contribution in [0, 0.1) is 5.41 Å². The summed E-state index contributed by atoms with van der Waals surface area (Å²) in [5, 5.41) is 10.7. The zero-order valence-electron chi connectivity index (χ0n) is 12.3. The van der Waals surface area contributed by atoms with E-state index in [1.54, 1.807) is 0 Å². The first-order valence-corrected chi connectivity index (χ1v) is 9.21. The summed E-state index contributed by atoms with van der Waals surface area (Å²) in [6.07, 6.45) is 4.03. The molecule has 3 heterocycles. The van der Waals surface area contributed by atoms with E-state index < -0.39 is 0 Å². The Bertz CT molecular complexity index is 1050. The maximum atomic E-state index is 8.47. The van der Waals surface area contributed by atoms with Crippen LogP contribution in [0.3, 0.4) is 0 Å². The second kappa shape index (κ2) is 5.34. The topological polar surface area (TPSA) is 54.6 Å². The predicted octanol–water partition coefficient (Wildman–Crippen LogP) is 3.07. The van der Waals surface area contributed by atoms with Crippen molar-refractivity contribution in [3.63, 3.8) is 0 Å². The normalized spacial score (nSPS) is 11.7. The zero-order valence-corrected chi connectivity index (χ0v) is 14.0. The molecule has 4 nitrogen and oxygen atoms in total. The van der Waals surface area contributed by atoms with E-state index in [0.29, 0.717) is 5.49 Å². The first-order chi connectivity index (χ1) is 10.8. The Morgan fingerprint density at radius 1 is 1.27 bits per heavy atom. The molecule has 0 radical (unpaired) electrons. The summed E-state index contributed by atoms with van der Waals surface area (Å²) in [6.45, 7) is 3.04. The van der Waals surface area contributed by atoms with E-state index in [2.05, 4.69) is 24.0 Å². The molecule has 4 rings (SSSR count). The number of benzene rings is 1. The standard InChI is InChI=1S/C17H16N4Se/c1-2-3-8-21-10-19-14-12-9-11-6-4-5-7-13(11)20-17(12)22-15(14)16(21)18/h4-7,9-10,18H,2-3,8H2,1H3. The molecular weight excluding hydrogens is 339 g/mol. The molecule has 0 unspecified atom stereocenters. The van der Waals surface area contributed by atoms with Crippen LogP contribution in [0.25, 0.3) is 30.5 Å². The molecule has 110 valence electrons. The van der Waals surface area contributed by atoms with Gasteiger partial charge in [0.05, 0.1) is 0 Å². The maximum absolute atomic E-state index is 8.47. The van der Waals surface area contributed by atoms with E-state index in [1.165, 1.54) is 0 Å². The van der Waals surface area contributed by atoms with Gasteiger partial charge in [-0.3, -0.25) is 0 Å². The van der Waals surface area contributed by atoms with E-state index in [1.807, 2.05) is 29.1 Å². The second-order valence-electron chi connectivity index (χ2n) is 5.45. The minimum atomic E-state index is 0.0774. The molecule has 0 bridgehead atoms. The Labute approximate surface area is 133 Å². The SMILES string of the molecule is CCCCn1cnc2c([se]c3nc4ccccc4cc32)c1=N. The minimum absolute atomic E-state index is 0.0774. The van der Waals surface area contributed by atoms with E-state index in [9.17, 15) is 0 Å². The van der Waals surface area contributed by atoms with Crippen LogP contribution in [0.1, 0.15) is 19.8 Å². The molecule has 0 fully saturated rings. The van der Waals surface area contributed by atoms with Gasteiger partial charge in [0, 0.05) is 0 Å². The van der Waals surface area contributed by atoms with Crippen molar-refractivity contribution in [3.8, 4) is 0 Å². The number of para-hydroxylation sites is 1. The first kappa shape index (κ1) is 13.7. The van der Waals surface area contributed by atoms with Crippen LogP contribution < -0.4 is 5.49 Å². The van der Waals surface area contributed by atoms with Crippen molar-refractivity contribution in [2.45, 2.75) is 26.3 Å². The Kier molecular flexibility index (Phi) is 3.32. The number of nitrogens with one attached hydrogen (secondary N) is 1. The number of nitrogens with zero attached hydrogens (tertiary/aromatic N) is 3. The number of unbranched alkanes of at least 4 members (excludes halogenated alkanes) is 1. The monoisotopic (exact) mass is 356 g/mol. The van der Waals surface area contributed by atoms with Crippen LogP contribution in [0.15, 0.2) is 36.7 Å². The summed E-state index contributed by atoms with van der Waals surface area (Å²) in [5.41, 5.74) is 2.60. The average Bonchev–Trinajstić information content (AvgIpc) is 2.90. The van der Waals surface area contributed by atoms with Gasteiger partial charge >= 0.3 is 133 Å². The molecule has 0 spiro atoms. The van der Waals surface area contributed by atoms with Crippen molar-refractivity contribution < 1.29 is 0 Å². The molecule has 0 saturated heterocycles.